The number of aryl methyl sites for hydroxylation is 2. The van der Waals surface area contributed by atoms with Crippen molar-refractivity contribution >= 4 is 23.3 Å². The van der Waals surface area contributed by atoms with Crippen LogP contribution in [0.3, 0.4) is 0 Å². The Balaban J connectivity index is 1.50. The number of aromatic nitrogens is 2. The summed E-state index contributed by atoms with van der Waals surface area (Å²) in [5.41, 5.74) is 5.20. The van der Waals surface area contributed by atoms with Crippen molar-refractivity contribution in [3.8, 4) is 0 Å². The van der Waals surface area contributed by atoms with Crippen molar-refractivity contribution in [2.24, 2.45) is 0 Å². The molecule has 0 fully saturated rings. The second-order valence-electron chi connectivity index (χ2n) is 7.83. The van der Waals surface area contributed by atoms with E-state index in [9.17, 15) is 9.59 Å². The minimum Gasteiger partial charge on any atom is -0.326 e. The molecule has 1 heterocycles. The van der Waals surface area contributed by atoms with Crippen LogP contribution in [-0.2, 0) is 22.4 Å². The number of fused-ring (bicyclic) bond motifs is 1. The lowest BCUT2D eigenvalue weighted by molar-refractivity contribution is -0.116. The number of nitrogens with zero attached hydrogens (tertiary/aromatic N) is 2. The first-order valence-corrected chi connectivity index (χ1v) is 10.3. The number of anilines is 2. The predicted molar refractivity (Wildman–Crippen MR) is 118 cm³/mol. The molecule has 1 atom stereocenters. The zero-order valence-corrected chi connectivity index (χ0v) is 17.3. The SMILES string of the molecule is CC(=O)Nc1ccc(CC(=O)Nc2c(C)cnn2C2CCCc3ccccc32)cc1. The van der Waals surface area contributed by atoms with Gasteiger partial charge in [0.1, 0.15) is 5.82 Å². The Hall–Kier alpha value is -3.41. The first-order chi connectivity index (χ1) is 14.5. The van der Waals surface area contributed by atoms with Crippen LogP contribution in [0.15, 0.2) is 54.7 Å². The van der Waals surface area contributed by atoms with E-state index in [1.165, 1.54) is 18.1 Å². The number of nitrogens with one attached hydrogen (secondary N) is 2. The van der Waals surface area contributed by atoms with E-state index in [-0.39, 0.29) is 24.3 Å². The number of hydrogen-bond acceptors (Lipinski definition) is 3. The monoisotopic (exact) mass is 402 g/mol. The van der Waals surface area contributed by atoms with Crippen LogP contribution in [0.5, 0.6) is 0 Å². The summed E-state index contributed by atoms with van der Waals surface area (Å²) in [7, 11) is 0. The summed E-state index contributed by atoms with van der Waals surface area (Å²) in [6.45, 7) is 3.44. The van der Waals surface area contributed by atoms with Crippen LogP contribution in [-0.4, -0.2) is 21.6 Å². The molecule has 1 aliphatic rings. The van der Waals surface area contributed by atoms with Gasteiger partial charge >= 0.3 is 0 Å². The highest BCUT2D eigenvalue weighted by Crippen LogP contribution is 2.35. The lowest BCUT2D eigenvalue weighted by atomic mass is 9.88. The van der Waals surface area contributed by atoms with Crippen molar-refractivity contribution in [1.29, 1.82) is 0 Å². The number of hydrogen-bond donors (Lipinski definition) is 2. The molecule has 2 N–H and O–H groups in total. The van der Waals surface area contributed by atoms with Gasteiger partial charge in [0.2, 0.25) is 11.8 Å². The predicted octanol–water partition coefficient (Wildman–Crippen LogP) is 4.26. The normalized spacial score (nSPS) is 15.3. The Morgan fingerprint density at radius 1 is 1.10 bits per heavy atom. The fourth-order valence-electron chi connectivity index (χ4n) is 4.09. The summed E-state index contributed by atoms with van der Waals surface area (Å²) in [6, 6.07) is 15.9. The van der Waals surface area contributed by atoms with E-state index >= 15 is 0 Å². The standard InChI is InChI=1S/C24H26N4O2/c1-16-15-25-28(22-9-5-7-19-6-3-4-8-21(19)22)24(16)27-23(30)14-18-10-12-20(13-11-18)26-17(2)29/h3-4,6,8,10-13,15,22H,5,7,9,14H2,1-2H3,(H,26,29)(H,27,30). The molecule has 0 saturated heterocycles. The average molecular weight is 402 g/mol. The molecule has 2 amide bonds. The van der Waals surface area contributed by atoms with Crippen LogP contribution in [0.4, 0.5) is 11.5 Å². The highest BCUT2D eigenvalue weighted by molar-refractivity contribution is 5.92. The second-order valence-corrected chi connectivity index (χ2v) is 7.83. The fraction of sp³-hybridized carbons (Fsp3) is 0.292. The van der Waals surface area contributed by atoms with Crippen LogP contribution in [0.25, 0.3) is 0 Å². The summed E-state index contributed by atoms with van der Waals surface area (Å²) in [4.78, 5) is 23.9. The Bertz CT molecular complexity index is 1070. The lowest BCUT2D eigenvalue weighted by Gasteiger charge is -2.27. The molecule has 0 radical (unpaired) electrons. The topological polar surface area (TPSA) is 76.0 Å². The molecule has 154 valence electrons. The zero-order chi connectivity index (χ0) is 21.1. The van der Waals surface area contributed by atoms with Crippen LogP contribution in [0.1, 0.15) is 48.1 Å². The molecule has 0 saturated carbocycles. The number of rotatable bonds is 5. The van der Waals surface area contributed by atoms with Gasteiger partial charge in [-0.05, 0) is 55.0 Å². The van der Waals surface area contributed by atoms with Crippen molar-refractivity contribution in [1.82, 2.24) is 9.78 Å². The molecule has 6 nitrogen and oxygen atoms in total. The van der Waals surface area contributed by atoms with E-state index in [0.29, 0.717) is 0 Å². The van der Waals surface area contributed by atoms with Gasteiger partial charge < -0.3 is 10.6 Å². The number of amides is 2. The van der Waals surface area contributed by atoms with Gasteiger partial charge in [0.25, 0.3) is 0 Å². The zero-order valence-electron chi connectivity index (χ0n) is 17.3. The maximum atomic E-state index is 12.8. The maximum absolute atomic E-state index is 12.8. The molecule has 0 bridgehead atoms. The highest BCUT2D eigenvalue weighted by atomic mass is 16.2. The van der Waals surface area contributed by atoms with E-state index in [2.05, 4.69) is 40.0 Å². The van der Waals surface area contributed by atoms with Gasteiger partial charge in [-0.2, -0.15) is 5.10 Å². The maximum Gasteiger partial charge on any atom is 0.229 e. The molecular formula is C24H26N4O2. The van der Waals surface area contributed by atoms with Crippen LogP contribution in [0.2, 0.25) is 0 Å². The highest BCUT2D eigenvalue weighted by Gasteiger charge is 2.25. The number of carbonyl (C=O) groups is 2. The number of carbonyl (C=O) groups excluding carboxylic acids is 2. The summed E-state index contributed by atoms with van der Waals surface area (Å²) in [6.07, 6.45) is 5.27. The van der Waals surface area contributed by atoms with Crippen LogP contribution in [0, 0.1) is 6.92 Å². The van der Waals surface area contributed by atoms with Crippen LogP contribution >= 0.6 is 0 Å². The van der Waals surface area contributed by atoms with E-state index in [1.807, 2.05) is 29.9 Å². The van der Waals surface area contributed by atoms with Crippen molar-refractivity contribution in [2.45, 2.75) is 45.6 Å². The lowest BCUT2D eigenvalue weighted by Crippen LogP contribution is -2.23. The average Bonchev–Trinajstić information content (AvgIpc) is 3.08. The first kappa shape index (κ1) is 19.9. The van der Waals surface area contributed by atoms with Gasteiger partial charge in [-0.25, -0.2) is 4.68 Å². The Kier molecular flexibility index (Phi) is 5.65. The molecule has 4 rings (SSSR count). The van der Waals surface area contributed by atoms with Gasteiger partial charge in [-0.1, -0.05) is 36.4 Å². The third-order valence-corrected chi connectivity index (χ3v) is 5.51. The quantitative estimate of drug-likeness (QED) is 0.670. The third kappa shape index (κ3) is 4.27. The second kappa shape index (κ2) is 8.53. The third-order valence-electron chi connectivity index (χ3n) is 5.51. The van der Waals surface area contributed by atoms with E-state index < -0.39 is 0 Å². The first-order valence-electron chi connectivity index (χ1n) is 10.3. The Labute approximate surface area is 176 Å². The summed E-state index contributed by atoms with van der Waals surface area (Å²) in [5.74, 6) is 0.557. The summed E-state index contributed by atoms with van der Waals surface area (Å²) < 4.78 is 1.96. The molecular weight excluding hydrogens is 376 g/mol. The number of benzene rings is 2. The smallest absolute Gasteiger partial charge is 0.229 e. The van der Waals surface area contributed by atoms with E-state index in [4.69, 9.17) is 0 Å². The Morgan fingerprint density at radius 3 is 2.63 bits per heavy atom. The summed E-state index contributed by atoms with van der Waals surface area (Å²) >= 11 is 0. The van der Waals surface area contributed by atoms with Crippen molar-refractivity contribution in [2.75, 3.05) is 10.6 Å². The van der Waals surface area contributed by atoms with Crippen LogP contribution < -0.4 is 10.6 Å². The van der Waals surface area contributed by atoms with Crippen molar-refractivity contribution < 1.29 is 9.59 Å². The molecule has 2 aromatic carbocycles. The Morgan fingerprint density at radius 2 is 1.87 bits per heavy atom. The largest absolute Gasteiger partial charge is 0.326 e. The molecule has 0 spiro atoms. The fourth-order valence-corrected chi connectivity index (χ4v) is 4.09. The minimum atomic E-state index is -0.117. The molecule has 1 unspecified atom stereocenters. The molecule has 3 aromatic rings. The van der Waals surface area contributed by atoms with Gasteiger partial charge in [0.15, 0.2) is 0 Å². The molecule has 6 heteroatoms. The molecule has 0 aliphatic heterocycles. The van der Waals surface area contributed by atoms with Crippen molar-refractivity contribution in [3.63, 3.8) is 0 Å². The van der Waals surface area contributed by atoms with Gasteiger partial charge in [0.05, 0.1) is 18.7 Å². The van der Waals surface area contributed by atoms with Gasteiger partial charge in [0, 0.05) is 18.2 Å². The van der Waals surface area contributed by atoms with E-state index in [0.717, 1.165) is 41.9 Å². The van der Waals surface area contributed by atoms with E-state index in [1.54, 1.807) is 12.1 Å². The van der Waals surface area contributed by atoms with Gasteiger partial charge in [-0.3, -0.25) is 9.59 Å². The molecule has 1 aliphatic carbocycles. The minimum absolute atomic E-state index is 0.0868. The van der Waals surface area contributed by atoms with Crippen molar-refractivity contribution in [3.05, 3.63) is 77.0 Å². The molecule has 30 heavy (non-hydrogen) atoms. The summed E-state index contributed by atoms with van der Waals surface area (Å²) in [5, 5.41) is 10.4. The molecule has 1 aromatic heterocycles. The van der Waals surface area contributed by atoms with Gasteiger partial charge in [-0.15, -0.1) is 0 Å².